The summed E-state index contributed by atoms with van der Waals surface area (Å²) in [5.74, 6) is 0.471. The van der Waals surface area contributed by atoms with E-state index in [2.05, 4.69) is 10.6 Å². The average molecular weight is 331 g/mol. The number of amides is 2. The number of para-hydroxylation sites is 1. The number of carbonyl (C=O) groups excluding carboxylic acids is 2. The Balaban J connectivity index is 1.85. The lowest BCUT2D eigenvalue weighted by molar-refractivity contribution is -0.125. The summed E-state index contributed by atoms with van der Waals surface area (Å²) < 4.78 is 5.75. The molecule has 0 aliphatic heterocycles. The zero-order valence-corrected chi connectivity index (χ0v) is 14.6. The van der Waals surface area contributed by atoms with Gasteiger partial charge < -0.3 is 15.1 Å². The Morgan fingerprint density at radius 1 is 1.08 bits per heavy atom. The zero-order chi connectivity index (χ0) is 17.7. The molecule has 1 heterocycles. The van der Waals surface area contributed by atoms with E-state index in [1.807, 2.05) is 51.1 Å². The number of rotatable bonds is 7. The van der Waals surface area contributed by atoms with E-state index in [0.717, 1.165) is 11.0 Å². The highest BCUT2D eigenvalue weighted by Crippen LogP contribution is 2.23. The molecule has 6 nitrogen and oxygen atoms in total. The molecule has 6 heteroatoms. The Kier molecular flexibility index (Phi) is 5.98. The van der Waals surface area contributed by atoms with E-state index in [4.69, 9.17) is 4.42 Å². The number of nitrogens with one attached hydrogen (secondary N) is 2. The normalized spacial score (nSPS) is 12.6. The molecule has 2 rings (SSSR count). The number of hydrogen-bond acceptors (Lipinski definition) is 4. The van der Waals surface area contributed by atoms with Gasteiger partial charge in [0.2, 0.25) is 11.8 Å². The van der Waals surface area contributed by atoms with E-state index in [0.29, 0.717) is 5.76 Å². The fraction of sp³-hybridized carbons (Fsp3) is 0.444. The molecule has 2 N–H and O–H groups in total. The second-order valence-corrected chi connectivity index (χ2v) is 6.37. The van der Waals surface area contributed by atoms with Gasteiger partial charge >= 0.3 is 0 Å². The van der Waals surface area contributed by atoms with Gasteiger partial charge in [0.25, 0.3) is 0 Å². The third kappa shape index (κ3) is 5.09. The Bertz CT molecular complexity index is 675. The molecule has 0 aliphatic carbocycles. The molecule has 1 atom stereocenters. The van der Waals surface area contributed by atoms with Gasteiger partial charge in [-0.2, -0.15) is 0 Å². The molecule has 1 aromatic carbocycles. The van der Waals surface area contributed by atoms with Crippen LogP contribution in [-0.4, -0.2) is 42.9 Å². The number of benzene rings is 1. The van der Waals surface area contributed by atoms with Crippen molar-refractivity contribution < 1.29 is 14.0 Å². The summed E-state index contributed by atoms with van der Waals surface area (Å²) in [5, 5.41) is 6.71. The highest BCUT2D eigenvalue weighted by atomic mass is 16.3. The SMILES string of the molecule is CC(C)NC(=O)CN(C)CC(=O)N[C@@H](C)c1cc2ccccc2o1. The second-order valence-electron chi connectivity index (χ2n) is 6.37. The van der Waals surface area contributed by atoms with Gasteiger partial charge in [-0.05, 0) is 40.0 Å². The topological polar surface area (TPSA) is 74.6 Å². The van der Waals surface area contributed by atoms with Crippen LogP contribution in [0.4, 0.5) is 0 Å². The summed E-state index contributed by atoms with van der Waals surface area (Å²) in [6.45, 7) is 6.01. The number of likely N-dealkylation sites (N-methyl/N-ethyl adjacent to an activating group) is 1. The number of furan rings is 1. The molecule has 130 valence electrons. The fourth-order valence-corrected chi connectivity index (χ4v) is 2.49. The van der Waals surface area contributed by atoms with Crippen LogP contribution in [0.5, 0.6) is 0 Å². The van der Waals surface area contributed by atoms with Crippen molar-refractivity contribution in [3.05, 3.63) is 36.1 Å². The van der Waals surface area contributed by atoms with Crippen molar-refractivity contribution in [2.24, 2.45) is 0 Å². The monoisotopic (exact) mass is 331 g/mol. The number of carbonyl (C=O) groups is 2. The zero-order valence-electron chi connectivity index (χ0n) is 14.6. The lowest BCUT2D eigenvalue weighted by Gasteiger charge is -2.18. The number of fused-ring (bicyclic) bond motifs is 1. The van der Waals surface area contributed by atoms with Crippen LogP contribution in [0.1, 0.15) is 32.6 Å². The van der Waals surface area contributed by atoms with Gasteiger partial charge in [0, 0.05) is 11.4 Å². The fourth-order valence-electron chi connectivity index (χ4n) is 2.49. The van der Waals surface area contributed by atoms with Gasteiger partial charge in [0.15, 0.2) is 0 Å². The van der Waals surface area contributed by atoms with Crippen molar-refractivity contribution in [3.63, 3.8) is 0 Å². The smallest absolute Gasteiger partial charge is 0.234 e. The molecule has 2 amide bonds. The van der Waals surface area contributed by atoms with E-state index in [9.17, 15) is 9.59 Å². The second kappa shape index (κ2) is 7.97. The molecule has 2 aromatic rings. The van der Waals surface area contributed by atoms with Crippen molar-refractivity contribution in [1.29, 1.82) is 0 Å². The van der Waals surface area contributed by atoms with Gasteiger partial charge in [-0.25, -0.2) is 0 Å². The molecule has 0 fully saturated rings. The standard InChI is InChI=1S/C18H25N3O3/c1-12(2)19-17(22)10-21(4)11-18(23)20-13(3)16-9-14-7-5-6-8-15(14)24-16/h5-9,12-13H,10-11H2,1-4H3,(H,19,22)(H,20,23)/t13-/m0/s1. The molecule has 24 heavy (non-hydrogen) atoms. The van der Waals surface area contributed by atoms with Crippen molar-refractivity contribution in [2.75, 3.05) is 20.1 Å². The van der Waals surface area contributed by atoms with Crippen LogP contribution in [-0.2, 0) is 9.59 Å². The molecule has 0 radical (unpaired) electrons. The predicted octanol–water partition coefficient (Wildman–Crippen LogP) is 2.07. The molecule has 0 saturated carbocycles. The maximum Gasteiger partial charge on any atom is 0.234 e. The molecular formula is C18H25N3O3. The van der Waals surface area contributed by atoms with Crippen molar-refractivity contribution in [1.82, 2.24) is 15.5 Å². The van der Waals surface area contributed by atoms with Gasteiger partial charge in [0.1, 0.15) is 11.3 Å². The van der Waals surface area contributed by atoms with Crippen LogP contribution in [0.15, 0.2) is 34.7 Å². The highest BCUT2D eigenvalue weighted by molar-refractivity contribution is 5.82. The molecule has 1 aromatic heterocycles. The summed E-state index contributed by atoms with van der Waals surface area (Å²) in [4.78, 5) is 25.5. The molecule has 0 saturated heterocycles. The van der Waals surface area contributed by atoms with Crippen molar-refractivity contribution in [3.8, 4) is 0 Å². The first kappa shape index (κ1) is 18.0. The first-order valence-electron chi connectivity index (χ1n) is 8.11. The Morgan fingerprint density at radius 2 is 1.71 bits per heavy atom. The van der Waals surface area contributed by atoms with Crippen LogP contribution in [0.3, 0.4) is 0 Å². The van der Waals surface area contributed by atoms with Crippen LogP contribution in [0, 0.1) is 0 Å². The van der Waals surface area contributed by atoms with Crippen molar-refractivity contribution in [2.45, 2.75) is 32.9 Å². The third-order valence-electron chi connectivity index (χ3n) is 3.53. The number of nitrogens with zero attached hydrogens (tertiary/aromatic N) is 1. The Labute approximate surface area is 142 Å². The molecule has 0 aliphatic rings. The van der Waals surface area contributed by atoms with Crippen LogP contribution < -0.4 is 10.6 Å². The first-order chi connectivity index (χ1) is 11.3. The highest BCUT2D eigenvalue weighted by Gasteiger charge is 2.16. The largest absolute Gasteiger partial charge is 0.459 e. The minimum absolute atomic E-state index is 0.0906. The Morgan fingerprint density at radius 3 is 2.33 bits per heavy atom. The van der Waals surface area contributed by atoms with Crippen molar-refractivity contribution >= 4 is 22.8 Å². The van der Waals surface area contributed by atoms with Crippen LogP contribution in [0.2, 0.25) is 0 Å². The molecular weight excluding hydrogens is 306 g/mol. The molecule has 0 unspecified atom stereocenters. The summed E-state index contributed by atoms with van der Waals surface area (Å²) in [7, 11) is 1.74. The number of hydrogen-bond donors (Lipinski definition) is 2. The predicted molar refractivity (Wildman–Crippen MR) is 93.5 cm³/mol. The molecule has 0 spiro atoms. The average Bonchev–Trinajstić information content (AvgIpc) is 2.89. The lowest BCUT2D eigenvalue weighted by atomic mass is 10.2. The van der Waals surface area contributed by atoms with E-state index < -0.39 is 0 Å². The minimum atomic E-state index is -0.234. The van der Waals surface area contributed by atoms with Crippen LogP contribution in [0.25, 0.3) is 11.0 Å². The van der Waals surface area contributed by atoms with Gasteiger partial charge in [-0.15, -0.1) is 0 Å². The minimum Gasteiger partial charge on any atom is -0.459 e. The molecule has 0 bridgehead atoms. The van der Waals surface area contributed by atoms with Gasteiger partial charge in [-0.1, -0.05) is 18.2 Å². The van der Waals surface area contributed by atoms with E-state index in [-0.39, 0.29) is 37.0 Å². The maximum atomic E-state index is 12.1. The van der Waals surface area contributed by atoms with Gasteiger partial charge in [-0.3, -0.25) is 14.5 Å². The first-order valence-corrected chi connectivity index (χ1v) is 8.11. The Hall–Kier alpha value is -2.34. The summed E-state index contributed by atoms with van der Waals surface area (Å²) >= 11 is 0. The summed E-state index contributed by atoms with van der Waals surface area (Å²) in [6, 6.07) is 9.51. The summed E-state index contributed by atoms with van der Waals surface area (Å²) in [6.07, 6.45) is 0. The summed E-state index contributed by atoms with van der Waals surface area (Å²) in [5.41, 5.74) is 0.802. The third-order valence-corrected chi connectivity index (χ3v) is 3.53. The van der Waals surface area contributed by atoms with Crippen LogP contribution >= 0.6 is 0 Å². The maximum absolute atomic E-state index is 12.1. The van der Waals surface area contributed by atoms with E-state index in [1.165, 1.54) is 0 Å². The van der Waals surface area contributed by atoms with Gasteiger partial charge in [0.05, 0.1) is 19.1 Å². The van der Waals surface area contributed by atoms with E-state index in [1.54, 1.807) is 11.9 Å². The quantitative estimate of drug-likeness (QED) is 0.814. The van der Waals surface area contributed by atoms with E-state index >= 15 is 0 Å². The lowest BCUT2D eigenvalue weighted by Crippen LogP contribution is -2.42.